The summed E-state index contributed by atoms with van der Waals surface area (Å²) >= 11 is 7.59. The predicted octanol–water partition coefficient (Wildman–Crippen LogP) is 5.89. The van der Waals surface area contributed by atoms with Gasteiger partial charge in [-0.15, -0.1) is 10.2 Å². The van der Waals surface area contributed by atoms with Gasteiger partial charge in [-0.3, -0.25) is 4.57 Å². The Hall–Kier alpha value is -3.09. The zero-order chi connectivity index (χ0) is 21.1. The van der Waals surface area contributed by atoms with Crippen molar-refractivity contribution >= 4 is 29.3 Å². The molecule has 3 aromatic carbocycles. The van der Waals surface area contributed by atoms with Gasteiger partial charge in [0.05, 0.1) is 5.56 Å². The summed E-state index contributed by atoms with van der Waals surface area (Å²) in [6.07, 6.45) is 0. The van der Waals surface area contributed by atoms with Crippen LogP contribution in [0, 0.1) is 6.92 Å². The van der Waals surface area contributed by atoms with Gasteiger partial charge in [-0.1, -0.05) is 53.2 Å². The van der Waals surface area contributed by atoms with E-state index in [0.717, 1.165) is 27.8 Å². The highest BCUT2D eigenvalue weighted by atomic mass is 35.5. The van der Waals surface area contributed by atoms with E-state index in [0.29, 0.717) is 10.8 Å². The number of hydrogen-bond donors (Lipinski definition) is 1. The molecule has 0 saturated heterocycles. The van der Waals surface area contributed by atoms with E-state index in [1.807, 2.05) is 60.0 Å². The highest BCUT2D eigenvalue weighted by Gasteiger charge is 2.16. The van der Waals surface area contributed by atoms with Gasteiger partial charge in [0.2, 0.25) is 0 Å². The molecular weight excluding hydrogens is 418 g/mol. The van der Waals surface area contributed by atoms with Crippen LogP contribution in [0.25, 0.3) is 17.1 Å². The first-order valence-electron chi connectivity index (χ1n) is 9.25. The second kappa shape index (κ2) is 8.73. The fraction of sp³-hybridized carbons (Fsp3) is 0.0870. The number of aryl methyl sites for hydroxylation is 1. The highest BCUT2D eigenvalue weighted by Crippen LogP contribution is 2.30. The van der Waals surface area contributed by atoms with Crippen molar-refractivity contribution in [2.75, 3.05) is 0 Å². The van der Waals surface area contributed by atoms with Crippen molar-refractivity contribution in [3.8, 4) is 17.1 Å². The average Bonchev–Trinajstić information content (AvgIpc) is 3.17. The third-order valence-electron chi connectivity index (χ3n) is 4.60. The molecular formula is C23H18ClN3O2S. The van der Waals surface area contributed by atoms with E-state index >= 15 is 0 Å². The normalized spacial score (nSPS) is 10.9. The summed E-state index contributed by atoms with van der Waals surface area (Å²) in [6, 6.07) is 22.6. The highest BCUT2D eigenvalue weighted by molar-refractivity contribution is 7.98. The molecule has 4 aromatic rings. The minimum atomic E-state index is -0.930. The Morgan fingerprint density at radius 3 is 2.27 bits per heavy atom. The molecule has 150 valence electrons. The van der Waals surface area contributed by atoms with Gasteiger partial charge in [0.15, 0.2) is 11.0 Å². The quantitative estimate of drug-likeness (QED) is 0.382. The van der Waals surface area contributed by atoms with E-state index in [4.69, 9.17) is 16.7 Å². The molecule has 0 amide bonds. The number of carbonyl (C=O) groups is 1. The van der Waals surface area contributed by atoms with Crippen LogP contribution < -0.4 is 0 Å². The zero-order valence-electron chi connectivity index (χ0n) is 16.1. The Kier molecular flexibility index (Phi) is 5.88. The van der Waals surface area contributed by atoms with Gasteiger partial charge in [0.1, 0.15) is 0 Å². The first kappa shape index (κ1) is 20.2. The molecule has 1 N–H and O–H groups in total. The summed E-state index contributed by atoms with van der Waals surface area (Å²) in [4.78, 5) is 11.0. The van der Waals surface area contributed by atoms with Crippen molar-refractivity contribution in [1.29, 1.82) is 0 Å². The molecule has 0 bridgehead atoms. The molecule has 7 heteroatoms. The molecule has 30 heavy (non-hydrogen) atoms. The van der Waals surface area contributed by atoms with Crippen molar-refractivity contribution in [1.82, 2.24) is 14.8 Å². The summed E-state index contributed by atoms with van der Waals surface area (Å²) in [6.45, 7) is 2.05. The Morgan fingerprint density at radius 1 is 0.967 bits per heavy atom. The van der Waals surface area contributed by atoms with E-state index in [2.05, 4.69) is 22.3 Å². The van der Waals surface area contributed by atoms with Crippen molar-refractivity contribution in [3.63, 3.8) is 0 Å². The van der Waals surface area contributed by atoms with E-state index in [9.17, 15) is 4.79 Å². The maximum absolute atomic E-state index is 11.0. The third kappa shape index (κ3) is 4.40. The minimum absolute atomic E-state index is 0.275. The van der Waals surface area contributed by atoms with Gasteiger partial charge < -0.3 is 5.11 Å². The van der Waals surface area contributed by atoms with Crippen molar-refractivity contribution in [2.45, 2.75) is 17.8 Å². The number of aromatic carboxylic acids is 1. The maximum Gasteiger partial charge on any atom is 0.335 e. The molecule has 4 rings (SSSR count). The van der Waals surface area contributed by atoms with E-state index in [1.165, 1.54) is 5.56 Å². The molecule has 0 saturated carbocycles. The van der Waals surface area contributed by atoms with Crippen LogP contribution in [0.3, 0.4) is 0 Å². The van der Waals surface area contributed by atoms with Crippen LogP contribution >= 0.6 is 23.4 Å². The summed E-state index contributed by atoms with van der Waals surface area (Å²) in [7, 11) is 0. The fourth-order valence-corrected chi connectivity index (χ4v) is 4.00. The topological polar surface area (TPSA) is 68.0 Å². The summed E-state index contributed by atoms with van der Waals surface area (Å²) in [5.41, 5.74) is 4.35. The fourth-order valence-electron chi connectivity index (χ4n) is 2.97. The van der Waals surface area contributed by atoms with Gasteiger partial charge >= 0.3 is 5.97 Å². The summed E-state index contributed by atoms with van der Waals surface area (Å²) in [5, 5.41) is 19.3. The Labute approximate surface area is 183 Å². The Balaban J connectivity index is 1.67. The van der Waals surface area contributed by atoms with Gasteiger partial charge in [0.25, 0.3) is 0 Å². The lowest BCUT2D eigenvalue weighted by Gasteiger charge is -2.11. The van der Waals surface area contributed by atoms with Crippen molar-refractivity contribution in [3.05, 3.63) is 94.5 Å². The van der Waals surface area contributed by atoms with Crippen LogP contribution in [0.2, 0.25) is 5.02 Å². The van der Waals surface area contributed by atoms with E-state index in [1.54, 1.807) is 23.9 Å². The van der Waals surface area contributed by atoms with Crippen LogP contribution in [-0.2, 0) is 5.75 Å². The summed E-state index contributed by atoms with van der Waals surface area (Å²) in [5.74, 6) is 0.449. The van der Waals surface area contributed by atoms with Crippen LogP contribution in [-0.4, -0.2) is 25.8 Å². The third-order valence-corrected chi connectivity index (χ3v) is 5.85. The number of halogens is 1. The lowest BCUT2D eigenvalue weighted by atomic mass is 10.1. The Bertz CT molecular complexity index is 1170. The Morgan fingerprint density at radius 2 is 1.63 bits per heavy atom. The van der Waals surface area contributed by atoms with Crippen LogP contribution in [0.4, 0.5) is 0 Å². The first-order chi connectivity index (χ1) is 14.5. The van der Waals surface area contributed by atoms with Crippen molar-refractivity contribution < 1.29 is 9.90 Å². The van der Waals surface area contributed by atoms with Crippen molar-refractivity contribution in [2.24, 2.45) is 0 Å². The SMILES string of the molecule is Cc1ccc(-n2c(SCc3ccc(C(=O)O)cc3)nnc2-c2ccc(Cl)cc2)cc1. The van der Waals surface area contributed by atoms with Gasteiger partial charge in [-0.25, -0.2) is 4.79 Å². The summed E-state index contributed by atoms with van der Waals surface area (Å²) < 4.78 is 2.03. The van der Waals surface area contributed by atoms with Crippen LogP contribution in [0.5, 0.6) is 0 Å². The number of thioether (sulfide) groups is 1. The molecule has 0 spiro atoms. The molecule has 0 fully saturated rings. The molecule has 0 aliphatic rings. The molecule has 0 aliphatic heterocycles. The number of benzene rings is 3. The van der Waals surface area contributed by atoms with Gasteiger partial charge in [-0.05, 0) is 61.0 Å². The number of carboxylic acids is 1. The number of nitrogens with zero attached hydrogens (tertiary/aromatic N) is 3. The largest absolute Gasteiger partial charge is 0.478 e. The number of aromatic nitrogens is 3. The van der Waals surface area contributed by atoms with Crippen LogP contribution in [0.1, 0.15) is 21.5 Å². The smallest absolute Gasteiger partial charge is 0.335 e. The molecule has 1 heterocycles. The van der Waals surface area contributed by atoms with Gasteiger partial charge in [-0.2, -0.15) is 0 Å². The molecule has 5 nitrogen and oxygen atoms in total. The minimum Gasteiger partial charge on any atom is -0.478 e. The molecule has 1 aromatic heterocycles. The molecule has 0 aliphatic carbocycles. The lowest BCUT2D eigenvalue weighted by molar-refractivity contribution is 0.0697. The monoisotopic (exact) mass is 435 g/mol. The second-order valence-electron chi connectivity index (χ2n) is 6.77. The second-order valence-corrected chi connectivity index (χ2v) is 8.15. The lowest BCUT2D eigenvalue weighted by Crippen LogP contribution is -2.00. The number of hydrogen-bond acceptors (Lipinski definition) is 4. The van der Waals surface area contributed by atoms with E-state index in [-0.39, 0.29) is 5.56 Å². The number of rotatable bonds is 6. The first-order valence-corrected chi connectivity index (χ1v) is 10.6. The van der Waals surface area contributed by atoms with Crippen LogP contribution in [0.15, 0.2) is 78.0 Å². The zero-order valence-corrected chi connectivity index (χ0v) is 17.7. The molecule has 0 atom stereocenters. The number of carboxylic acid groups (broad SMARTS) is 1. The molecule has 0 unspecified atom stereocenters. The van der Waals surface area contributed by atoms with E-state index < -0.39 is 5.97 Å². The standard InChI is InChI=1S/C23H18ClN3O2S/c1-15-2-12-20(13-3-15)27-21(17-8-10-19(24)11-9-17)25-26-23(27)30-14-16-4-6-18(7-5-16)22(28)29/h2-13H,14H2,1H3,(H,28,29). The maximum atomic E-state index is 11.0. The molecule has 0 radical (unpaired) electrons. The predicted molar refractivity (Wildman–Crippen MR) is 120 cm³/mol. The average molecular weight is 436 g/mol. The van der Waals surface area contributed by atoms with Gasteiger partial charge in [0, 0.05) is 22.0 Å².